The van der Waals surface area contributed by atoms with Gasteiger partial charge in [-0.15, -0.1) is 10.2 Å². The zero-order chi connectivity index (χ0) is 13.9. The van der Waals surface area contributed by atoms with Gasteiger partial charge < -0.3 is 5.32 Å². The van der Waals surface area contributed by atoms with Crippen molar-refractivity contribution in [1.29, 1.82) is 0 Å². The van der Waals surface area contributed by atoms with Crippen molar-refractivity contribution in [2.75, 3.05) is 26.2 Å². The molecule has 1 saturated heterocycles. The van der Waals surface area contributed by atoms with Crippen LogP contribution in [0, 0.1) is 13.8 Å². The minimum atomic E-state index is 0.633. The lowest BCUT2D eigenvalue weighted by atomic mass is 10.3. The second-order valence-corrected chi connectivity index (χ2v) is 5.05. The Morgan fingerprint density at radius 2 is 1.65 bits per heavy atom. The van der Waals surface area contributed by atoms with Crippen LogP contribution in [0.3, 0.4) is 0 Å². The predicted octanol–water partition coefficient (Wildman–Crippen LogP) is 0.0793. The van der Waals surface area contributed by atoms with Crippen LogP contribution in [0.2, 0.25) is 0 Å². The molecule has 106 valence electrons. The Labute approximate surface area is 118 Å². The summed E-state index contributed by atoms with van der Waals surface area (Å²) in [6.45, 7) is 8.96. The Bertz CT molecular complexity index is 549. The van der Waals surface area contributed by atoms with Gasteiger partial charge >= 0.3 is 0 Å². The van der Waals surface area contributed by atoms with Crippen LogP contribution < -0.4 is 5.32 Å². The lowest BCUT2D eigenvalue weighted by Gasteiger charge is -2.26. The molecule has 7 nitrogen and oxygen atoms in total. The summed E-state index contributed by atoms with van der Waals surface area (Å²) in [7, 11) is 0. The van der Waals surface area contributed by atoms with Crippen molar-refractivity contribution in [1.82, 2.24) is 34.9 Å². The monoisotopic (exact) mass is 273 g/mol. The molecule has 0 bridgehead atoms. The molecule has 20 heavy (non-hydrogen) atoms. The van der Waals surface area contributed by atoms with Gasteiger partial charge in [0.2, 0.25) is 5.95 Å². The highest BCUT2D eigenvalue weighted by molar-refractivity contribution is 5.18. The Morgan fingerprint density at radius 1 is 1.05 bits per heavy atom. The van der Waals surface area contributed by atoms with Crippen molar-refractivity contribution in [3.63, 3.8) is 0 Å². The average Bonchev–Trinajstić information content (AvgIpc) is 2.81. The fraction of sp³-hybridized carbons (Fsp3) is 0.538. The molecule has 0 unspecified atom stereocenters. The largest absolute Gasteiger partial charge is 0.314 e. The molecule has 0 atom stereocenters. The molecule has 0 aromatic carbocycles. The molecule has 1 N–H and O–H groups in total. The quantitative estimate of drug-likeness (QED) is 0.854. The Kier molecular flexibility index (Phi) is 3.70. The van der Waals surface area contributed by atoms with E-state index < -0.39 is 0 Å². The molecule has 1 fully saturated rings. The molecule has 1 aliphatic rings. The van der Waals surface area contributed by atoms with E-state index >= 15 is 0 Å². The molecule has 7 heteroatoms. The van der Waals surface area contributed by atoms with Crippen molar-refractivity contribution in [2.45, 2.75) is 20.4 Å². The second-order valence-electron chi connectivity index (χ2n) is 5.05. The van der Waals surface area contributed by atoms with E-state index in [1.54, 1.807) is 0 Å². The second kappa shape index (κ2) is 5.64. The van der Waals surface area contributed by atoms with Gasteiger partial charge in [0.1, 0.15) is 11.6 Å². The molecule has 0 aliphatic carbocycles. The molecule has 0 amide bonds. The van der Waals surface area contributed by atoms with Gasteiger partial charge in [-0.2, -0.15) is 0 Å². The van der Waals surface area contributed by atoms with Crippen LogP contribution in [0.5, 0.6) is 0 Å². The number of hydrogen-bond acceptors (Lipinski definition) is 6. The van der Waals surface area contributed by atoms with Gasteiger partial charge in [-0.25, -0.2) is 9.97 Å². The van der Waals surface area contributed by atoms with Gasteiger partial charge in [0.15, 0.2) is 0 Å². The van der Waals surface area contributed by atoms with Crippen LogP contribution >= 0.6 is 0 Å². The maximum Gasteiger partial charge on any atom is 0.236 e. The Morgan fingerprint density at radius 3 is 2.25 bits per heavy atom. The molecule has 3 heterocycles. The van der Waals surface area contributed by atoms with Crippen molar-refractivity contribution in [3.8, 4) is 5.95 Å². The third-order valence-corrected chi connectivity index (χ3v) is 3.49. The number of aryl methyl sites for hydroxylation is 2. The third-order valence-electron chi connectivity index (χ3n) is 3.49. The first kappa shape index (κ1) is 13.1. The number of rotatable bonds is 3. The minimum absolute atomic E-state index is 0.633. The maximum absolute atomic E-state index is 4.44. The number of piperazine rings is 1. The molecule has 1 aliphatic heterocycles. The van der Waals surface area contributed by atoms with E-state index in [1.165, 1.54) is 0 Å². The molecule has 3 rings (SSSR count). The van der Waals surface area contributed by atoms with E-state index in [9.17, 15) is 0 Å². The number of nitrogens with zero attached hydrogens (tertiary/aromatic N) is 6. The van der Waals surface area contributed by atoms with E-state index in [0.717, 1.165) is 49.9 Å². The fourth-order valence-electron chi connectivity index (χ4n) is 2.43. The summed E-state index contributed by atoms with van der Waals surface area (Å²) in [5.41, 5.74) is 1.14. The molecule has 0 radical (unpaired) electrons. The van der Waals surface area contributed by atoms with Crippen molar-refractivity contribution >= 4 is 0 Å². The summed E-state index contributed by atoms with van der Waals surface area (Å²) < 4.78 is 1.86. The topological polar surface area (TPSA) is 71.8 Å². The molecule has 0 saturated carbocycles. The van der Waals surface area contributed by atoms with Crippen molar-refractivity contribution in [3.05, 3.63) is 29.6 Å². The fourth-order valence-corrected chi connectivity index (χ4v) is 2.43. The van der Waals surface area contributed by atoms with E-state index in [4.69, 9.17) is 0 Å². The lowest BCUT2D eigenvalue weighted by molar-refractivity contribution is 0.232. The predicted molar refractivity (Wildman–Crippen MR) is 74.6 cm³/mol. The third kappa shape index (κ3) is 2.68. The van der Waals surface area contributed by atoms with Crippen LogP contribution in [-0.2, 0) is 6.54 Å². The Balaban J connectivity index is 1.74. The molecular formula is C13H19N7. The standard InChI is InChI=1S/C13H19N7/c1-10-17-18-11(2)20(10)13-15-7-12(8-16-13)9-19-5-3-14-4-6-19/h7-8,14H,3-6,9H2,1-2H3. The van der Waals surface area contributed by atoms with Gasteiger partial charge in [0.25, 0.3) is 0 Å². The summed E-state index contributed by atoms with van der Waals surface area (Å²) >= 11 is 0. The summed E-state index contributed by atoms with van der Waals surface area (Å²) in [6.07, 6.45) is 3.78. The van der Waals surface area contributed by atoms with Crippen LogP contribution in [0.15, 0.2) is 12.4 Å². The lowest BCUT2D eigenvalue weighted by Crippen LogP contribution is -2.42. The summed E-state index contributed by atoms with van der Waals surface area (Å²) in [5.74, 6) is 2.24. The zero-order valence-corrected chi connectivity index (χ0v) is 11.9. The highest BCUT2D eigenvalue weighted by atomic mass is 15.3. The maximum atomic E-state index is 4.44. The van der Waals surface area contributed by atoms with E-state index in [1.807, 2.05) is 30.8 Å². The number of hydrogen-bond donors (Lipinski definition) is 1. The molecule has 0 spiro atoms. The van der Waals surface area contributed by atoms with Gasteiger partial charge in [-0.05, 0) is 13.8 Å². The SMILES string of the molecule is Cc1nnc(C)n1-c1ncc(CN2CCNCC2)cn1. The van der Waals surface area contributed by atoms with Gasteiger partial charge in [0, 0.05) is 50.7 Å². The summed E-state index contributed by atoms with van der Waals surface area (Å²) in [4.78, 5) is 11.3. The van der Waals surface area contributed by atoms with E-state index in [-0.39, 0.29) is 0 Å². The Hall–Kier alpha value is -1.86. The normalized spacial score (nSPS) is 16.5. The summed E-state index contributed by atoms with van der Waals surface area (Å²) in [5, 5.41) is 11.4. The van der Waals surface area contributed by atoms with Crippen molar-refractivity contribution < 1.29 is 0 Å². The average molecular weight is 273 g/mol. The first-order chi connectivity index (χ1) is 9.74. The van der Waals surface area contributed by atoms with Crippen LogP contribution in [-0.4, -0.2) is 55.8 Å². The van der Waals surface area contributed by atoms with Crippen LogP contribution in [0.1, 0.15) is 17.2 Å². The van der Waals surface area contributed by atoms with Gasteiger partial charge in [-0.1, -0.05) is 0 Å². The van der Waals surface area contributed by atoms with Crippen LogP contribution in [0.25, 0.3) is 5.95 Å². The summed E-state index contributed by atoms with van der Waals surface area (Å²) in [6, 6.07) is 0. The van der Waals surface area contributed by atoms with Crippen molar-refractivity contribution in [2.24, 2.45) is 0 Å². The minimum Gasteiger partial charge on any atom is -0.314 e. The number of nitrogens with one attached hydrogen (secondary N) is 1. The van der Waals surface area contributed by atoms with Gasteiger partial charge in [-0.3, -0.25) is 9.47 Å². The smallest absolute Gasteiger partial charge is 0.236 e. The van der Waals surface area contributed by atoms with E-state index in [0.29, 0.717) is 5.95 Å². The number of aromatic nitrogens is 5. The molecule has 2 aromatic heterocycles. The highest BCUT2D eigenvalue weighted by Gasteiger charge is 2.12. The molecule has 2 aromatic rings. The first-order valence-corrected chi connectivity index (χ1v) is 6.87. The zero-order valence-electron chi connectivity index (χ0n) is 11.9. The van der Waals surface area contributed by atoms with Gasteiger partial charge in [0.05, 0.1) is 0 Å². The molecular weight excluding hydrogens is 254 g/mol. The first-order valence-electron chi connectivity index (χ1n) is 6.87. The van der Waals surface area contributed by atoms with Crippen LogP contribution in [0.4, 0.5) is 0 Å². The van der Waals surface area contributed by atoms with E-state index in [2.05, 4.69) is 30.4 Å². The highest BCUT2D eigenvalue weighted by Crippen LogP contribution is 2.09.